The Morgan fingerprint density at radius 3 is 2.85 bits per heavy atom. The summed E-state index contributed by atoms with van der Waals surface area (Å²) in [5.41, 5.74) is 4.17. The molecule has 70 valence electrons. The van der Waals surface area contributed by atoms with Crippen molar-refractivity contribution in [2.75, 3.05) is 5.32 Å². The third-order valence-electron chi connectivity index (χ3n) is 2.85. The van der Waals surface area contributed by atoms with Crippen molar-refractivity contribution in [3.8, 4) is 0 Å². The van der Waals surface area contributed by atoms with Gasteiger partial charge in [0.15, 0.2) is 0 Å². The topological polar surface area (TPSA) is 12.0 Å². The van der Waals surface area contributed by atoms with Crippen LogP contribution in [0.4, 0.5) is 5.69 Å². The molecule has 1 aliphatic rings. The minimum absolute atomic E-state index is 0.636. The Morgan fingerprint density at radius 1 is 1.38 bits per heavy atom. The summed E-state index contributed by atoms with van der Waals surface area (Å²) in [5, 5.41) is 3.57. The fourth-order valence-electron chi connectivity index (χ4n) is 1.89. The highest BCUT2D eigenvalue weighted by Crippen LogP contribution is 2.29. The summed E-state index contributed by atoms with van der Waals surface area (Å²) < 4.78 is 0. The standard InChI is InChI=1S/C12H17N/c1-8(2)11-7-10-5-4-9(3)6-12(10)13-11/h4-6,8,11,13H,7H2,1-3H3. The Hall–Kier alpha value is -0.980. The predicted octanol–water partition coefficient (Wildman–Crippen LogP) is 2.99. The van der Waals surface area contributed by atoms with E-state index in [4.69, 9.17) is 0 Å². The van der Waals surface area contributed by atoms with Gasteiger partial charge in [0.2, 0.25) is 0 Å². The first-order valence-corrected chi connectivity index (χ1v) is 5.03. The highest BCUT2D eigenvalue weighted by Gasteiger charge is 2.22. The second kappa shape index (κ2) is 3.06. The fraction of sp³-hybridized carbons (Fsp3) is 0.500. The third-order valence-corrected chi connectivity index (χ3v) is 2.85. The van der Waals surface area contributed by atoms with Gasteiger partial charge < -0.3 is 5.32 Å². The van der Waals surface area contributed by atoms with Crippen molar-refractivity contribution < 1.29 is 0 Å². The van der Waals surface area contributed by atoms with Crippen LogP contribution in [0.1, 0.15) is 25.0 Å². The molecule has 1 aromatic rings. The number of nitrogens with one attached hydrogen (secondary N) is 1. The molecule has 1 heterocycles. The molecule has 1 aromatic carbocycles. The minimum Gasteiger partial charge on any atom is -0.381 e. The van der Waals surface area contributed by atoms with E-state index in [1.54, 1.807) is 0 Å². The zero-order chi connectivity index (χ0) is 9.42. The smallest absolute Gasteiger partial charge is 0.0378 e. The molecule has 0 bridgehead atoms. The SMILES string of the molecule is Cc1ccc2c(c1)NC(C(C)C)C2. The van der Waals surface area contributed by atoms with E-state index in [0.29, 0.717) is 12.0 Å². The molecular weight excluding hydrogens is 158 g/mol. The molecule has 13 heavy (non-hydrogen) atoms. The van der Waals surface area contributed by atoms with Crippen LogP contribution in [0.2, 0.25) is 0 Å². The van der Waals surface area contributed by atoms with Crippen LogP contribution in [0.5, 0.6) is 0 Å². The van der Waals surface area contributed by atoms with Crippen molar-refractivity contribution >= 4 is 5.69 Å². The monoisotopic (exact) mass is 175 g/mol. The number of hydrogen-bond donors (Lipinski definition) is 1. The van der Waals surface area contributed by atoms with Crippen molar-refractivity contribution in [1.82, 2.24) is 0 Å². The average molecular weight is 175 g/mol. The zero-order valence-corrected chi connectivity index (χ0v) is 8.59. The number of benzene rings is 1. The maximum absolute atomic E-state index is 3.57. The summed E-state index contributed by atoms with van der Waals surface area (Å²) in [5.74, 6) is 0.715. The maximum Gasteiger partial charge on any atom is 0.0378 e. The van der Waals surface area contributed by atoms with E-state index in [1.165, 1.54) is 23.2 Å². The summed E-state index contributed by atoms with van der Waals surface area (Å²) >= 11 is 0. The Kier molecular flexibility index (Phi) is 2.03. The van der Waals surface area contributed by atoms with Crippen LogP contribution >= 0.6 is 0 Å². The van der Waals surface area contributed by atoms with E-state index in [0.717, 1.165) is 0 Å². The van der Waals surface area contributed by atoms with Gasteiger partial charge in [0, 0.05) is 11.7 Å². The van der Waals surface area contributed by atoms with Crippen molar-refractivity contribution in [1.29, 1.82) is 0 Å². The fourth-order valence-corrected chi connectivity index (χ4v) is 1.89. The van der Waals surface area contributed by atoms with Crippen molar-refractivity contribution in [3.05, 3.63) is 29.3 Å². The van der Waals surface area contributed by atoms with Gasteiger partial charge in [-0.15, -0.1) is 0 Å². The molecule has 0 amide bonds. The highest BCUT2D eigenvalue weighted by atomic mass is 15.0. The second-order valence-corrected chi connectivity index (χ2v) is 4.36. The first-order chi connectivity index (χ1) is 6.16. The van der Waals surface area contributed by atoms with Crippen LogP contribution < -0.4 is 5.32 Å². The lowest BCUT2D eigenvalue weighted by Crippen LogP contribution is -2.21. The molecule has 1 heteroatoms. The van der Waals surface area contributed by atoms with Crippen LogP contribution in [0.3, 0.4) is 0 Å². The highest BCUT2D eigenvalue weighted by molar-refractivity contribution is 5.58. The molecule has 2 rings (SSSR count). The number of anilines is 1. The number of rotatable bonds is 1. The van der Waals surface area contributed by atoms with E-state index in [9.17, 15) is 0 Å². The molecule has 0 radical (unpaired) electrons. The molecule has 0 saturated heterocycles. The Morgan fingerprint density at radius 2 is 2.15 bits per heavy atom. The quantitative estimate of drug-likeness (QED) is 0.692. The number of aryl methyl sites for hydroxylation is 1. The van der Waals surface area contributed by atoms with Gasteiger partial charge in [-0.05, 0) is 36.5 Å². The molecule has 0 spiro atoms. The van der Waals surface area contributed by atoms with Crippen LogP contribution in [0.25, 0.3) is 0 Å². The molecule has 1 nitrogen and oxygen atoms in total. The lowest BCUT2D eigenvalue weighted by Gasteiger charge is -2.14. The van der Waals surface area contributed by atoms with E-state index in [2.05, 4.69) is 44.3 Å². The molecule has 0 fully saturated rings. The Balaban J connectivity index is 2.25. The van der Waals surface area contributed by atoms with Gasteiger partial charge in [0.05, 0.1) is 0 Å². The summed E-state index contributed by atoms with van der Waals surface area (Å²) in [7, 11) is 0. The molecule has 1 N–H and O–H groups in total. The molecule has 1 atom stereocenters. The minimum atomic E-state index is 0.636. The molecule has 1 aliphatic heterocycles. The lowest BCUT2D eigenvalue weighted by molar-refractivity contribution is 0.538. The van der Waals surface area contributed by atoms with E-state index in [1.807, 2.05) is 0 Å². The molecular formula is C12H17N. The van der Waals surface area contributed by atoms with Gasteiger partial charge in [0.1, 0.15) is 0 Å². The summed E-state index contributed by atoms with van der Waals surface area (Å²) in [6.07, 6.45) is 1.19. The lowest BCUT2D eigenvalue weighted by atomic mass is 10.0. The van der Waals surface area contributed by atoms with Gasteiger partial charge >= 0.3 is 0 Å². The van der Waals surface area contributed by atoms with Crippen LogP contribution in [-0.4, -0.2) is 6.04 Å². The Bertz CT molecular complexity index is 315. The normalized spacial score (nSPS) is 20.2. The van der Waals surface area contributed by atoms with E-state index in [-0.39, 0.29) is 0 Å². The number of hydrogen-bond acceptors (Lipinski definition) is 1. The van der Waals surface area contributed by atoms with Crippen LogP contribution in [-0.2, 0) is 6.42 Å². The Labute approximate surface area is 80.2 Å². The van der Waals surface area contributed by atoms with Crippen LogP contribution in [0.15, 0.2) is 18.2 Å². The van der Waals surface area contributed by atoms with Gasteiger partial charge in [0.25, 0.3) is 0 Å². The van der Waals surface area contributed by atoms with E-state index < -0.39 is 0 Å². The average Bonchev–Trinajstić information content (AvgIpc) is 2.46. The van der Waals surface area contributed by atoms with Crippen molar-refractivity contribution in [3.63, 3.8) is 0 Å². The third kappa shape index (κ3) is 1.55. The van der Waals surface area contributed by atoms with Crippen molar-refractivity contribution in [2.45, 2.75) is 33.2 Å². The molecule has 0 aliphatic carbocycles. The van der Waals surface area contributed by atoms with E-state index >= 15 is 0 Å². The maximum atomic E-state index is 3.57. The first-order valence-electron chi connectivity index (χ1n) is 5.03. The van der Waals surface area contributed by atoms with Gasteiger partial charge in [-0.3, -0.25) is 0 Å². The second-order valence-electron chi connectivity index (χ2n) is 4.36. The summed E-state index contributed by atoms with van der Waals surface area (Å²) in [6.45, 7) is 6.69. The number of fused-ring (bicyclic) bond motifs is 1. The van der Waals surface area contributed by atoms with Gasteiger partial charge in [-0.2, -0.15) is 0 Å². The van der Waals surface area contributed by atoms with Crippen molar-refractivity contribution in [2.24, 2.45) is 5.92 Å². The molecule has 0 saturated carbocycles. The molecule has 1 unspecified atom stereocenters. The first kappa shape index (κ1) is 8.61. The predicted molar refractivity (Wildman–Crippen MR) is 57.1 cm³/mol. The van der Waals surface area contributed by atoms with Gasteiger partial charge in [-0.25, -0.2) is 0 Å². The summed E-state index contributed by atoms with van der Waals surface area (Å²) in [4.78, 5) is 0. The van der Waals surface area contributed by atoms with Gasteiger partial charge in [-0.1, -0.05) is 26.0 Å². The summed E-state index contributed by atoms with van der Waals surface area (Å²) in [6, 6.07) is 7.33. The molecule has 0 aromatic heterocycles. The largest absolute Gasteiger partial charge is 0.381 e. The zero-order valence-electron chi connectivity index (χ0n) is 8.59. The van der Waals surface area contributed by atoms with Crippen LogP contribution in [0, 0.1) is 12.8 Å².